The van der Waals surface area contributed by atoms with Crippen LogP contribution in [0.2, 0.25) is 0 Å². The number of pyridine rings is 1. The molecule has 1 saturated carbocycles. The maximum atomic E-state index is 12.5. The zero-order chi connectivity index (χ0) is 18.0. The third-order valence-corrected chi connectivity index (χ3v) is 5.90. The predicted molar refractivity (Wildman–Crippen MR) is 101 cm³/mol. The Morgan fingerprint density at radius 2 is 2.12 bits per heavy atom. The predicted octanol–water partition coefficient (Wildman–Crippen LogP) is 4.61. The average molecular weight is 344 g/mol. The first-order valence-electron chi connectivity index (χ1n) is 9.82. The zero-order valence-corrected chi connectivity index (χ0v) is 16.2. The first kappa shape index (κ1) is 18.2. The van der Waals surface area contributed by atoms with Crippen LogP contribution in [0.5, 0.6) is 5.75 Å². The molecule has 0 aromatic carbocycles. The standard InChI is InChI=1S/C21H32N2O2/c1-5-21(4)11-16(12-21)14-23-19(24)7-6-17-10-18(13-22-20(17)23)25-9-8-15(2)3/h10,13,15-16H,5-9,11-12,14H2,1-4H3/t16-,21+. The second-order valence-electron chi connectivity index (χ2n) is 8.63. The van der Waals surface area contributed by atoms with Gasteiger partial charge in [-0.3, -0.25) is 9.69 Å². The molecule has 1 aliphatic heterocycles. The van der Waals surface area contributed by atoms with Crippen molar-refractivity contribution in [2.24, 2.45) is 17.3 Å². The highest BCUT2D eigenvalue weighted by atomic mass is 16.5. The monoisotopic (exact) mass is 344 g/mol. The summed E-state index contributed by atoms with van der Waals surface area (Å²) in [6.45, 7) is 10.6. The maximum absolute atomic E-state index is 12.5. The summed E-state index contributed by atoms with van der Waals surface area (Å²) in [5.41, 5.74) is 1.63. The summed E-state index contributed by atoms with van der Waals surface area (Å²) in [5, 5.41) is 0. The van der Waals surface area contributed by atoms with Crippen molar-refractivity contribution < 1.29 is 9.53 Å². The van der Waals surface area contributed by atoms with Crippen LogP contribution in [-0.2, 0) is 11.2 Å². The normalized spacial score (nSPS) is 25.7. The highest BCUT2D eigenvalue weighted by Crippen LogP contribution is 2.48. The zero-order valence-electron chi connectivity index (χ0n) is 16.2. The van der Waals surface area contributed by atoms with Gasteiger partial charge >= 0.3 is 0 Å². The molecule has 0 N–H and O–H groups in total. The van der Waals surface area contributed by atoms with Crippen LogP contribution < -0.4 is 9.64 Å². The van der Waals surface area contributed by atoms with Gasteiger partial charge in [-0.2, -0.15) is 0 Å². The third-order valence-electron chi connectivity index (χ3n) is 5.90. The molecular formula is C21H32N2O2. The minimum Gasteiger partial charge on any atom is -0.492 e. The van der Waals surface area contributed by atoms with Crippen molar-refractivity contribution in [1.82, 2.24) is 4.98 Å². The molecule has 1 amide bonds. The van der Waals surface area contributed by atoms with Crippen LogP contribution in [0.4, 0.5) is 5.82 Å². The number of carbonyl (C=O) groups excluding carboxylic acids is 1. The fourth-order valence-electron chi connectivity index (χ4n) is 4.09. The van der Waals surface area contributed by atoms with Crippen LogP contribution in [0.1, 0.15) is 65.4 Å². The van der Waals surface area contributed by atoms with Gasteiger partial charge in [0.15, 0.2) is 0 Å². The minimum absolute atomic E-state index is 0.221. The summed E-state index contributed by atoms with van der Waals surface area (Å²) in [6.07, 6.45) is 7.85. The number of amides is 1. The van der Waals surface area contributed by atoms with Crippen molar-refractivity contribution in [1.29, 1.82) is 0 Å². The molecule has 0 saturated heterocycles. The van der Waals surface area contributed by atoms with Crippen LogP contribution in [0.3, 0.4) is 0 Å². The van der Waals surface area contributed by atoms with E-state index in [2.05, 4.69) is 38.7 Å². The van der Waals surface area contributed by atoms with E-state index in [9.17, 15) is 4.79 Å². The van der Waals surface area contributed by atoms with Crippen molar-refractivity contribution in [3.63, 3.8) is 0 Å². The van der Waals surface area contributed by atoms with Gasteiger partial charge in [0.2, 0.25) is 5.91 Å². The number of fused-ring (bicyclic) bond motifs is 1. The Labute approximate surface area is 152 Å². The summed E-state index contributed by atoms with van der Waals surface area (Å²) >= 11 is 0. The molecule has 1 aromatic rings. The van der Waals surface area contributed by atoms with Gasteiger partial charge in [0, 0.05) is 13.0 Å². The van der Waals surface area contributed by atoms with Crippen molar-refractivity contribution in [3.8, 4) is 5.75 Å². The van der Waals surface area contributed by atoms with E-state index in [1.807, 2.05) is 4.90 Å². The van der Waals surface area contributed by atoms with Crippen molar-refractivity contribution in [2.75, 3.05) is 18.1 Å². The van der Waals surface area contributed by atoms with Crippen molar-refractivity contribution in [3.05, 3.63) is 17.8 Å². The van der Waals surface area contributed by atoms with E-state index in [4.69, 9.17) is 4.74 Å². The molecule has 25 heavy (non-hydrogen) atoms. The molecule has 2 heterocycles. The molecule has 1 fully saturated rings. The average Bonchev–Trinajstić information content (AvgIpc) is 2.55. The van der Waals surface area contributed by atoms with E-state index in [1.54, 1.807) is 6.20 Å². The van der Waals surface area contributed by atoms with Gasteiger partial charge in [0.05, 0.1) is 12.8 Å². The van der Waals surface area contributed by atoms with E-state index in [1.165, 1.54) is 19.3 Å². The summed E-state index contributed by atoms with van der Waals surface area (Å²) in [6, 6.07) is 2.08. The fraction of sp³-hybridized carbons (Fsp3) is 0.714. The largest absolute Gasteiger partial charge is 0.492 e. The maximum Gasteiger partial charge on any atom is 0.228 e. The van der Waals surface area contributed by atoms with Gasteiger partial charge in [-0.1, -0.05) is 34.1 Å². The van der Waals surface area contributed by atoms with Crippen LogP contribution in [0.15, 0.2) is 12.3 Å². The first-order chi connectivity index (χ1) is 11.9. The molecular weight excluding hydrogens is 312 g/mol. The Bertz CT molecular complexity index is 620. The molecule has 0 unspecified atom stereocenters. The number of anilines is 1. The molecule has 3 rings (SSSR count). The second-order valence-corrected chi connectivity index (χ2v) is 8.63. The lowest BCUT2D eigenvalue weighted by Crippen LogP contribution is -2.45. The molecule has 1 aliphatic carbocycles. The van der Waals surface area contributed by atoms with Gasteiger partial charge in [-0.25, -0.2) is 4.98 Å². The Morgan fingerprint density at radius 1 is 1.36 bits per heavy atom. The summed E-state index contributed by atoms with van der Waals surface area (Å²) in [7, 11) is 0. The highest BCUT2D eigenvalue weighted by molar-refractivity contribution is 5.95. The first-order valence-corrected chi connectivity index (χ1v) is 9.82. The number of ether oxygens (including phenoxy) is 1. The molecule has 2 aliphatic rings. The van der Waals surface area contributed by atoms with Gasteiger partial charge in [0.1, 0.15) is 11.6 Å². The number of hydrogen-bond acceptors (Lipinski definition) is 3. The Balaban J connectivity index is 1.65. The van der Waals surface area contributed by atoms with E-state index < -0.39 is 0 Å². The summed E-state index contributed by atoms with van der Waals surface area (Å²) in [4.78, 5) is 19.0. The highest BCUT2D eigenvalue weighted by Gasteiger charge is 2.40. The molecule has 138 valence electrons. The second kappa shape index (κ2) is 7.35. The third kappa shape index (κ3) is 4.16. The van der Waals surface area contributed by atoms with Crippen LogP contribution in [-0.4, -0.2) is 24.0 Å². The lowest BCUT2D eigenvalue weighted by Gasteiger charge is -2.47. The number of aryl methyl sites for hydroxylation is 1. The lowest BCUT2D eigenvalue weighted by atomic mass is 9.61. The van der Waals surface area contributed by atoms with Crippen LogP contribution in [0.25, 0.3) is 0 Å². The molecule has 4 nitrogen and oxygen atoms in total. The molecule has 0 bridgehead atoms. The van der Waals surface area contributed by atoms with E-state index in [-0.39, 0.29) is 5.91 Å². The molecule has 4 heteroatoms. The van der Waals surface area contributed by atoms with Gasteiger partial charge < -0.3 is 4.74 Å². The number of hydrogen-bond donors (Lipinski definition) is 0. The minimum atomic E-state index is 0.221. The summed E-state index contributed by atoms with van der Waals surface area (Å²) < 4.78 is 5.83. The van der Waals surface area contributed by atoms with E-state index >= 15 is 0 Å². The SMILES string of the molecule is CC[C@]1(C)C[C@H](CN2C(=O)CCc3cc(OCCC(C)C)cnc32)C1. The van der Waals surface area contributed by atoms with Crippen molar-refractivity contribution in [2.45, 2.75) is 66.2 Å². The van der Waals surface area contributed by atoms with Crippen molar-refractivity contribution >= 4 is 11.7 Å². The van der Waals surface area contributed by atoms with Crippen LogP contribution >= 0.6 is 0 Å². The molecule has 1 aromatic heterocycles. The molecule has 0 atom stereocenters. The number of nitrogens with zero attached hydrogens (tertiary/aromatic N) is 2. The smallest absolute Gasteiger partial charge is 0.228 e. The molecule has 0 radical (unpaired) electrons. The van der Waals surface area contributed by atoms with Gasteiger partial charge in [-0.05, 0) is 54.6 Å². The number of rotatable bonds is 7. The van der Waals surface area contributed by atoms with E-state index in [0.717, 1.165) is 43.1 Å². The topological polar surface area (TPSA) is 42.4 Å². The number of aromatic nitrogens is 1. The van der Waals surface area contributed by atoms with Crippen LogP contribution in [0, 0.1) is 17.3 Å². The quantitative estimate of drug-likeness (QED) is 0.725. The Hall–Kier alpha value is -1.58. The summed E-state index contributed by atoms with van der Waals surface area (Å²) in [5.74, 6) is 3.16. The van der Waals surface area contributed by atoms with Gasteiger partial charge in [-0.15, -0.1) is 0 Å². The fourth-order valence-corrected chi connectivity index (χ4v) is 4.09. The molecule has 0 spiro atoms. The van der Waals surface area contributed by atoms with E-state index in [0.29, 0.717) is 23.7 Å². The Morgan fingerprint density at radius 3 is 2.80 bits per heavy atom. The lowest BCUT2D eigenvalue weighted by molar-refractivity contribution is -0.119. The Kier molecular flexibility index (Phi) is 5.35. The van der Waals surface area contributed by atoms with Gasteiger partial charge in [0.25, 0.3) is 0 Å². The number of carbonyl (C=O) groups is 1.